The molecule has 0 aromatic heterocycles. The topological polar surface area (TPSA) is 12.0 Å². The highest BCUT2D eigenvalue weighted by Crippen LogP contribution is 2.42. The van der Waals surface area contributed by atoms with E-state index in [0.29, 0.717) is 12.1 Å². The third-order valence-corrected chi connectivity index (χ3v) is 5.08. The first-order valence-corrected chi connectivity index (χ1v) is 8.13. The first kappa shape index (κ1) is 13.5. The lowest BCUT2D eigenvalue weighted by Crippen LogP contribution is -2.40. The molecule has 1 N–H and O–H groups in total. The molecule has 0 saturated heterocycles. The molecule has 3 unspecified atom stereocenters. The van der Waals surface area contributed by atoms with Crippen molar-refractivity contribution in [1.82, 2.24) is 5.32 Å². The summed E-state index contributed by atoms with van der Waals surface area (Å²) in [7, 11) is 0. The predicted octanol–water partition coefficient (Wildman–Crippen LogP) is 4.96. The molecule has 2 saturated carbocycles. The van der Waals surface area contributed by atoms with Gasteiger partial charge in [0.1, 0.15) is 0 Å². The van der Waals surface area contributed by atoms with Crippen LogP contribution in [0.25, 0.3) is 0 Å². The fourth-order valence-electron chi connectivity index (χ4n) is 3.40. The summed E-state index contributed by atoms with van der Waals surface area (Å²) in [6.45, 7) is 2.41. The van der Waals surface area contributed by atoms with Crippen LogP contribution in [0.3, 0.4) is 0 Å². The zero-order valence-corrected chi connectivity index (χ0v) is 12.5. The number of halogens is 1. The molecule has 1 aromatic rings. The van der Waals surface area contributed by atoms with Crippen molar-refractivity contribution in [3.63, 3.8) is 0 Å². The van der Waals surface area contributed by atoms with Gasteiger partial charge >= 0.3 is 0 Å². The van der Waals surface area contributed by atoms with Crippen LogP contribution in [0.2, 0.25) is 5.02 Å². The molecule has 19 heavy (non-hydrogen) atoms. The first-order chi connectivity index (χ1) is 9.24. The predicted molar refractivity (Wildman–Crippen MR) is 81.5 cm³/mol. The van der Waals surface area contributed by atoms with E-state index < -0.39 is 0 Å². The van der Waals surface area contributed by atoms with E-state index in [1.807, 2.05) is 12.1 Å². The van der Waals surface area contributed by atoms with Gasteiger partial charge in [0, 0.05) is 17.1 Å². The van der Waals surface area contributed by atoms with Crippen LogP contribution < -0.4 is 5.32 Å². The molecule has 3 rings (SSSR count). The van der Waals surface area contributed by atoms with Crippen molar-refractivity contribution in [1.29, 1.82) is 0 Å². The molecule has 2 fully saturated rings. The van der Waals surface area contributed by atoms with Gasteiger partial charge in [-0.15, -0.1) is 0 Å². The summed E-state index contributed by atoms with van der Waals surface area (Å²) in [5.74, 6) is 1.66. The van der Waals surface area contributed by atoms with Gasteiger partial charge in [0.15, 0.2) is 0 Å². The fraction of sp³-hybridized carbons (Fsp3) is 0.647. The van der Waals surface area contributed by atoms with Crippen molar-refractivity contribution in [2.45, 2.75) is 57.5 Å². The van der Waals surface area contributed by atoms with Crippen LogP contribution >= 0.6 is 11.6 Å². The van der Waals surface area contributed by atoms with Crippen LogP contribution in [-0.2, 0) is 0 Å². The number of hydrogen-bond donors (Lipinski definition) is 1. The molecule has 2 aliphatic carbocycles. The highest BCUT2D eigenvalue weighted by molar-refractivity contribution is 6.30. The Morgan fingerprint density at radius 3 is 2.37 bits per heavy atom. The highest BCUT2D eigenvalue weighted by atomic mass is 35.5. The summed E-state index contributed by atoms with van der Waals surface area (Å²) in [5, 5.41) is 4.80. The number of nitrogens with one attached hydrogen (secondary N) is 1. The molecule has 0 heterocycles. The molecule has 0 radical (unpaired) electrons. The Kier molecular flexibility index (Phi) is 4.14. The van der Waals surface area contributed by atoms with Gasteiger partial charge in [-0.1, -0.05) is 43.5 Å². The third kappa shape index (κ3) is 3.32. The smallest absolute Gasteiger partial charge is 0.0406 e. The maximum absolute atomic E-state index is 6.01. The lowest BCUT2D eigenvalue weighted by Gasteiger charge is -2.33. The third-order valence-electron chi connectivity index (χ3n) is 4.83. The molecule has 0 amide bonds. The molecular formula is C17H24ClN. The molecule has 0 aliphatic heterocycles. The van der Waals surface area contributed by atoms with Gasteiger partial charge in [-0.25, -0.2) is 0 Å². The summed E-state index contributed by atoms with van der Waals surface area (Å²) in [5.41, 5.74) is 1.42. The Morgan fingerprint density at radius 1 is 1.05 bits per heavy atom. The quantitative estimate of drug-likeness (QED) is 0.820. The van der Waals surface area contributed by atoms with Crippen LogP contribution in [0.15, 0.2) is 24.3 Å². The molecule has 2 heteroatoms. The van der Waals surface area contributed by atoms with E-state index in [2.05, 4.69) is 24.4 Å². The minimum atomic E-state index is 0.544. The molecule has 1 aromatic carbocycles. The van der Waals surface area contributed by atoms with E-state index >= 15 is 0 Å². The Balaban J connectivity index is 1.72. The minimum absolute atomic E-state index is 0.544. The lowest BCUT2D eigenvalue weighted by molar-refractivity contribution is 0.250. The van der Waals surface area contributed by atoms with Crippen LogP contribution in [0, 0.1) is 11.8 Å². The molecule has 104 valence electrons. The van der Waals surface area contributed by atoms with E-state index in [9.17, 15) is 0 Å². The van der Waals surface area contributed by atoms with Crippen LogP contribution in [0.4, 0.5) is 0 Å². The number of benzene rings is 1. The van der Waals surface area contributed by atoms with Crippen LogP contribution in [0.5, 0.6) is 0 Å². The van der Waals surface area contributed by atoms with Gasteiger partial charge in [0.2, 0.25) is 0 Å². The van der Waals surface area contributed by atoms with Crippen molar-refractivity contribution in [3.8, 4) is 0 Å². The van der Waals surface area contributed by atoms with Crippen molar-refractivity contribution >= 4 is 11.6 Å². The average Bonchev–Trinajstić information content (AvgIpc) is 3.24. The summed E-state index contributed by atoms with van der Waals surface area (Å²) >= 11 is 6.01. The molecule has 2 aliphatic rings. The average molecular weight is 278 g/mol. The molecule has 0 spiro atoms. The van der Waals surface area contributed by atoms with E-state index in [1.54, 1.807) is 0 Å². The molecular weight excluding hydrogens is 254 g/mol. The van der Waals surface area contributed by atoms with E-state index in [-0.39, 0.29) is 0 Å². The van der Waals surface area contributed by atoms with E-state index in [1.165, 1.54) is 44.1 Å². The van der Waals surface area contributed by atoms with Crippen molar-refractivity contribution < 1.29 is 0 Å². The van der Waals surface area contributed by atoms with Crippen molar-refractivity contribution in [2.24, 2.45) is 11.8 Å². The second kappa shape index (κ2) is 5.85. The zero-order chi connectivity index (χ0) is 13.2. The molecule has 3 atom stereocenters. The normalized spacial score (nSPS) is 29.2. The largest absolute Gasteiger partial charge is 0.307 e. The Labute approximate surface area is 121 Å². The van der Waals surface area contributed by atoms with Crippen molar-refractivity contribution in [3.05, 3.63) is 34.9 Å². The van der Waals surface area contributed by atoms with Gasteiger partial charge < -0.3 is 5.32 Å². The second-order valence-corrected chi connectivity index (χ2v) is 6.84. The van der Waals surface area contributed by atoms with Crippen LogP contribution in [-0.4, -0.2) is 6.04 Å². The maximum atomic E-state index is 6.01. The number of hydrogen-bond acceptors (Lipinski definition) is 1. The summed E-state index contributed by atoms with van der Waals surface area (Å²) in [6, 6.07) is 9.70. The molecule has 0 bridgehead atoms. The first-order valence-electron chi connectivity index (χ1n) is 7.75. The summed E-state index contributed by atoms with van der Waals surface area (Å²) in [6.07, 6.45) is 8.28. The molecule has 1 nitrogen and oxygen atoms in total. The Hall–Kier alpha value is -0.530. The second-order valence-electron chi connectivity index (χ2n) is 6.40. The van der Waals surface area contributed by atoms with Gasteiger partial charge in [0.05, 0.1) is 0 Å². The minimum Gasteiger partial charge on any atom is -0.307 e. The zero-order valence-electron chi connectivity index (χ0n) is 11.7. The summed E-state index contributed by atoms with van der Waals surface area (Å²) < 4.78 is 0. The fourth-order valence-corrected chi connectivity index (χ4v) is 3.52. The number of rotatable bonds is 4. The van der Waals surface area contributed by atoms with Gasteiger partial charge in [-0.05, 0) is 55.2 Å². The van der Waals surface area contributed by atoms with E-state index in [4.69, 9.17) is 11.6 Å². The monoisotopic (exact) mass is 277 g/mol. The SMILES string of the molecule is CC1CCCCC1NC(c1ccc(Cl)cc1)C1CC1. The van der Waals surface area contributed by atoms with Crippen LogP contribution in [0.1, 0.15) is 57.1 Å². The van der Waals surface area contributed by atoms with Gasteiger partial charge in [0.25, 0.3) is 0 Å². The highest BCUT2D eigenvalue weighted by Gasteiger charge is 2.35. The maximum Gasteiger partial charge on any atom is 0.0406 e. The lowest BCUT2D eigenvalue weighted by atomic mass is 9.85. The van der Waals surface area contributed by atoms with Crippen molar-refractivity contribution in [2.75, 3.05) is 0 Å². The van der Waals surface area contributed by atoms with Gasteiger partial charge in [-0.2, -0.15) is 0 Å². The Bertz CT molecular complexity index is 410. The Morgan fingerprint density at radius 2 is 1.74 bits per heavy atom. The standard InChI is InChI=1S/C17H24ClN/c1-12-4-2-3-5-16(12)19-17(13-6-7-13)14-8-10-15(18)11-9-14/h8-13,16-17,19H,2-7H2,1H3. The van der Waals surface area contributed by atoms with E-state index in [0.717, 1.165) is 16.9 Å². The van der Waals surface area contributed by atoms with Gasteiger partial charge in [-0.3, -0.25) is 0 Å². The summed E-state index contributed by atoms with van der Waals surface area (Å²) in [4.78, 5) is 0.